The quantitative estimate of drug-likeness (QED) is 0.396. The van der Waals surface area contributed by atoms with E-state index < -0.39 is 0 Å². The number of nitrogens with one attached hydrogen (secondary N) is 2. The van der Waals surface area contributed by atoms with Gasteiger partial charge in [-0.1, -0.05) is 12.1 Å². The van der Waals surface area contributed by atoms with Crippen molar-refractivity contribution >= 4 is 41.7 Å². The molecule has 0 radical (unpaired) electrons. The Morgan fingerprint density at radius 3 is 2.61 bits per heavy atom. The largest absolute Gasteiger partial charge is 0.491 e. The Bertz CT molecular complexity index is 473. The van der Waals surface area contributed by atoms with Crippen LogP contribution in [0, 0.1) is 0 Å². The molecule has 1 aliphatic heterocycles. The first kappa shape index (κ1) is 20.4. The van der Waals surface area contributed by atoms with Crippen LogP contribution in [0.5, 0.6) is 5.75 Å². The minimum atomic E-state index is 0. The highest BCUT2D eigenvalue weighted by Gasteiger charge is 2.15. The highest BCUT2D eigenvalue weighted by molar-refractivity contribution is 14.0. The van der Waals surface area contributed by atoms with E-state index in [9.17, 15) is 0 Å². The van der Waals surface area contributed by atoms with Gasteiger partial charge in [0, 0.05) is 25.4 Å². The maximum atomic E-state index is 5.65. The van der Waals surface area contributed by atoms with Crippen LogP contribution < -0.4 is 15.4 Å². The molecule has 0 saturated carbocycles. The van der Waals surface area contributed by atoms with Gasteiger partial charge in [-0.2, -0.15) is 11.8 Å². The molecule has 23 heavy (non-hydrogen) atoms. The van der Waals surface area contributed by atoms with Crippen molar-refractivity contribution in [2.75, 3.05) is 19.3 Å². The minimum absolute atomic E-state index is 0. The third-order valence-electron chi connectivity index (χ3n) is 3.50. The van der Waals surface area contributed by atoms with E-state index in [-0.39, 0.29) is 30.1 Å². The minimum Gasteiger partial charge on any atom is -0.491 e. The summed E-state index contributed by atoms with van der Waals surface area (Å²) in [5, 5.41) is 7.50. The van der Waals surface area contributed by atoms with Crippen LogP contribution >= 0.6 is 35.7 Å². The lowest BCUT2D eigenvalue weighted by atomic mass is 10.2. The number of ether oxygens (including phenoxy) is 1. The highest BCUT2D eigenvalue weighted by atomic mass is 127. The Hall–Kier alpha value is -0.630. The summed E-state index contributed by atoms with van der Waals surface area (Å²) in [6.45, 7) is 5.83. The van der Waals surface area contributed by atoms with E-state index in [1.807, 2.05) is 33.0 Å². The number of guanidine groups is 1. The molecule has 2 rings (SSSR count). The Morgan fingerprint density at radius 2 is 2.04 bits per heavy atom. The van der Waals surface area contributed by atoms with E-state index in [0.29, 0.717) is 0 Å². The van der Waals surface area contributed by atoms with Gasteiger partial charge in [0.2, 0.25) is 0 Å². The summed E-state index contributed by atoms with van der Waals surface area (Å²) in [4.78, 5) is 4.28. The Morgan fingerprint density at radius 1 is 1.30 bits per heavy atom. The van der Waals surface area contributed by atoms with E-state index in [0.717, 1.165) is 30.0 Å². The summed E-state index contributed by atoms with van der Waals surface area (Å²) in [7, 11) is 1.82. The second-order valence-electron chi connectivity index (χ2n) is 5.75. The van der Waals surface area contributed by atoms with Crippen LogP contribution in [0.3, 0.4) is 0 Å². The number of thioether (sulfide) groups is 1. The summed E-state index contributed by atoms with van der Waals surface area (Å²) >= 11 is 2.06. The zero-order valence-electron chi connectivity index (χ0n) is 14.2. The average Bonchev–Trinajstić information content (AvgIpc) is 3.02. The molecule has 0 spiro atoms. The molecule has 0 aromatic heterocycles. The number of hydrogen-bond acceptors (Lipinski definition) is 3. The van der Waals surface area contributed by atoms with Crippen molar-refractivity contribution in [3.05, 3.63) is 29.8 Å². The van der Waals surface area contributed by atoms with Gasteiger partial charge < -0.3 is 15.4 Å². The smallest absolute Gasteiger partial charge is 0.191 e. The first-order valence-electron chi connectivity index (χ1n) is 7.99. The molecule has 0 bridgehead atoms. The second kappa shape index (κ2) is 11.0. The van der Waals surface area contributed by atoms with Gasteiger partial charge in [-0.3, -0.25) is 4.99 Å². The maximum absolute atomic E-state index is 5.65. The number of benzene rings is 1. The Kier molecular flexibility index (Phi) is 9.78. The molecule has 130 valence electrons. The average molecular weight is 449 g/mol. The lowest BCUT2D eigenvalue weighted by molar-refractivity contribution is 0.242. The maximum Gasteiger partial charge on any atom is 0.191 e. The zero-order chi connectivity index (χ0) is 15.8. The molecule has 1 unspecified atom stereocenters. The topological polar surface area (TPSA) is 45.7 Å². The van der Waals surface area contributed by atoms with Gasteiger partial charge in [-0.25, -0.2) is 0 Å². The van der Waals surface area contributed by atoms with Crippen molar-refractivity contribution < 1.29 is 4.74 Å². The first-order chi connectivity index (χ1) is 10.7. The predicted octanol–water partition coefficient (Wildman–Crippen LogP) is 3.65. The van der Waals surface area contributed by atoms with Crippen LogP contribution in [-0.4, -0.2) is 36.7 Å². The number of hydrogen-bond donors (Lipinski definition) is 2. The SMILES string of the molecule is CN=C(NCc1ccc(OC(C)C)cc1)NCC1CCCS1.I. The van der Waals surface area contributed by atoms with Crippen LogP contribution in [-0.2, 0) is 6.54 Å². The molecule has 1 atom stereocenters. The van der Waals surface area contributed by atoms with E-state index in [2.05, 4.69) is 39.5 Å². The zero-order valence-corrected chi connectivity index (χ0v) is 17.3. The molecule has 0 aliphatic carbocycles. The Balaban J connectivity index is 0.00000264. The molecule has 1 saturated heterocycles. The van der Waals surface area contributed by atoms with E-state index in [1.165, 1.54) is 24.2 Å². The summed E-state index contributed by atoms with van der Waals surface area (Å²) in [5.74, 6) is 3.08. The van der Waals surface area contributed by atoms with Crippen molar-refractivity contribution in [3.8, 4) is 5.75 Å². The molecule has 4 nitrogen and oxygen atoms in total. The molecule has 0 amide bonds. The first-order valence-corrected chi connectivity index (χ1v) is 9.04. The molecule has 2 N–H and O–H groups in total. The molecule has 1 fully saturated rings. The van der Waals surface area contributed by atoms with Gasteiger partial charge in [0.25, 0.3) is 0 Å². The van der Waals surface area contributed by atoms with E-state index >= 15 is 0 Å². The molecule has 6 heteroatoms. The lowest BCUT2D eigenvalue weighted by Crippen LogP contribution is -2.39. The molecule has 1 aromatic carbocycles. The molecule has 1 aromatic rings. The lowest BCUT2D eigenvalue weighted by Gasteiger charge is -2.15. The fourth-order valence-corrected chi connectivity index (χ4v) is 3.58. The van der Waals surface area contributed by atoms with E-state index in [1.54, 1.807) is 0 Å². The monoisotopic (exact) mass is 449 g/mol. The van der Waals surface area contributed by atoms with E-state index in [4.69, 9.17) is 4.74 Å². The van der Waals surface area contributed by atoms with Crippen LogP contribution in [0.15, 0.2) is 29.3 Å². The molecule has 1 heterocycles. The van der Waals surface area contributed by atoms with Crippen molar-refractivity contribution in [3.63, 3.8) is 0 Å². The van der Waals surface area contributed by atoms with Crippen molar-refractivity contribution in [1.82, 2.24) is 10.6 Å². The summed E-state index contributed by atoms with van der Waals surface area (Å²) in [5.41, 5.74) is 1.22. The third kappa shape index (κ3) is 7.65. The standard InChI is InChI=1S/C17H27N3OS.HI/c1-13(2)21-15-8-6-14(7-9-15)11-19-17(18-3)20-12-16-5-4-10-22-16;/h6-9,13,16H,4-5,10-12H2,1-3H3,(H2,18,19,20);1H. The van der Waals surface area contributed by atoms with Gasteiger partial charge in [-0.15, -0.1) is 24.0 Å². The number of halogens is 1. The van der Waals surface area contributed by atoms with Gasteiger partial charge in [0.05, 0.1) is 6.10 Å². The van der Waals surface area contributed by atoms with Crippen LogP contribution in [0.1, 0.15) is 32.3 Å². The number of nitrogens with zero attached hydrogens (tertiary/aromatic N) is 1. The van der Waals surface area contributed by atoms with Gasteiger partial charge in [-0.05, 0) is 50.1 Å². The van der Waals surface area contributed by atoms with Crippen molar-refractivity contribution in [1.29, 1.82) is 0 Å². The third-order valence-corrected chi connectivity index (χ3v) is 4.90. The highest BCUT2D eigenvalue weighted by Crippen LogP contribution is 2.25. The summed E-state index contributed by atoms with van der Waals surface area (Å²) in [6, 6.07) is 8.21. The van der Waals surface area contributed by atoms with Gasteiger partial charge in [0.1, 0.15) is 5.75 Å². The van der Waals surface area contributed by atoms with Gasteiger partial charge in [0.15, 0.2) is 5.96 Å². The van der Waals surface area contributed by atoms with Crippen molar-refractivity contribution in [2.45, 2.75) is 44.6 Å². The number of rotatable bonds is 6. The Labute approximate surface area is 161 Å². The van der Waals surface area contributed by atoms with Crippen LogP contribution in [0.2, 0.25) is 0 Å². The predicted molar refractivity (Wildman–Crippen MR) is 111 cm³/mol. The molecular weight excluding hydrogens is 421 g/mol. The van der Waals surface area contributed by atoms with Gasteiger partial charge >= 0.3 is 0 Å². The molecular formula is C17H28IN3OS. The summed E-state index contributed by atoms with van der Waals surface area (Å²) in [6.07, 6.45) is 2.86. The fraction of sp³-hybridized carbons (Fsp3) is 0.588. The molecule has 1 aliphatic rings. The van der Waals surface area contributed by atoms with Crippen LogP contribution in [0.4, 0.5) is 0 Å². The fourth-order valence-electron chi connectivity index (χ4n) is 2.38. The normalized spacial score (nSPS) is 17.7. The van der Waals surface area contributed by atoms with Crippen molar-refractivity contribution in [2.24, 2.45) is 4.99 Å². The summed E-state index contributed by atoms with van der Waals surface area (Å²) < 4.78 is 5.65. The van der Waals surface area contributed by atoms with Crippen LogP contribution in [0.25, 0.3) is 0 Å². The second-order valence-corrected chi connectivity index (χ2v) is 7.16. The number of aliphatic imine (C=N–C) groups is 1.